The van der Waals surface area contributed by atoms with E-state index in [0.717, 1.165) is 10.2 Å². The third-order valence-corrected chi connectivity index (χ3v) is 4.40. The molecule has 1 amide bonds. The number of anilines is 1. The van der Waals surface area contributed by atoms with Crippen molar-refractivity contribution >= 4 is 17.9 Å². The van der Waals surface area contributed by atoms with E-state index in [1.807, 2.05) is 0 Å². The molecule has 1 aromatic carbocycles. The molecule has 154 valence electrons. The molecule has 9 heteroatoms. The quantitative estimate of drug-likeness (QED) is 0.721. The van der Waals surface area contributed by atoms with Gasteiger partial charge in [-0.05, 0) is 42.3 Å². The molecule has 1 fully saturated rings. The SMILES string of the molecule is COc1cc(/C=N\n2c(N)cc(C)cc2=O)ccc1OCC(=O)N1CCOCC1. The Balaban J connectivity index is 1.70. The number of nitrogens with zero attached hydrogens (tertiary/aromatic N) is 3. The molecule has 0 radical (unpaired) electrons. The number of carbonyl (C=O) groups excluding carboxylic acids is 1. The third-order valence-electron chi connectivity index (χ3n) is 4.40. The zero-order valence-electron chi connectivity index (χ0n) is 16.5. The van der Waals surface area contributed by atoms with Crippen molar-refractivity contribution in [3.05, 3.63) is 51.8 Å². The lowest BCUT2D eigenvalue weighted by atomic mass is 10.2. The fourth-order valence-electron chi connectivity index (χ4n) is 2.89. The second-order valence-corrected chi connectivity index (χ2v) is 6.54. The number of hydrogen-bond acceptors (Lipinski definition) is 7. The van der Waals surface area contributed by atoms with Crippen molar-refractivity contribution in [1.29, 1.82) is 0 Å². The number of nitrogens with two attached hydrogens (primary N) is 1. The van der Waals surface area contributed by atoms with Crippen molar-refractivity contribution in [2.75, 3.05) is 45.8 Å². The highest BCUT2D eigenvalue weighted by Crippen LogP contribution is 2.27. The van der Waals surface area contributed by atoms with E-state index in [2.05, 4.69) is 5.10 Å². The Morgan fingerprint density at radius 1 is 1.24 bits per heavy atom. The highest BCUT2D eigenvalue weighted by Gasteiger charge is 2.18. The Kier molecular flexibility index (Phi) is 6.50. The number of ether oxygens (including phenoxy) is 3. The normalized spacial score (nSPS) is 14.2. The van der Waals surface area contributed by atoms with Crippen molar-refractivity contribution in [3.8, 4) is 11.5 Å². The van der Waals surface area contributed by atoms with E-state index in [1.54, 1.807) is 36.1 Å². The van der Waals surface area contributed by atoms with Gasteiger partial charge in [0.15, 0.2) is 18.1 Å². The molecular weight excluding hydrogens is 376 g/mol. The Hall–Kier alpha value is -3.33. The largest absolute Gasteiger partial charge is 0.493 e. The lowest BCUT2D eigenvalue weighted by molar-refractivity contribution is -0.137. The summed E-state index contributed by atoms with van der Waals surface area (Å²) in [5.41, 5.74) is 7.00. The summed E-state index contributed by atoms with van der Waals surface area (Å²) in [7, 11) is 1.51. The van der Waals surface area contributed by atoms with Crippen LogP contribution in [0.1, 0.15) is 11.1 Å². The van der Waals surface area contributed by atoms with Gasteiger partial charge in [0.05, 0.1) is 26.5 Å². The first-order valence-electron chi connectivity index (χ1n) is 9.18. The van der Waals surface area contributed by atoms with Gasteiger partial charge in [0, 0.05) is 19.2 Å². The van der Waals surface area contributed by atoms with Crippen LogP contribution >= 0.6 is 0 Å². The fourth-order valence-corrected chi connectivity index (χ4v) is 2.89. The van der Waals surface area contributed by atoms with Crippen molar-refractivity contribution in [2.45, 2.75) is 6.92 Å². The van der Waals surface area contributed by atoms with Crippen LogP contribution < -0.4 is 20.8 Å². The average molecular weight is 400 g/mol. The smallest absolute Gasteiger partial charge is 0.273 e. The van der Waals surface area contributed by atoms with E-state index in [0.29, 0.717) is 43.4 Å². The van der Waals surface area contributed by atoms with Crippen molar-refractivity contribution in [1.82, 2.24) is 9.58 Å². The van der Waals surface area contributed by atoms with Gasteiger partial charge in [0.2, 0.25) is 0 Å². The number of carbonyl (C=O) groups is 1. The molecule has 1 aliphatic heterocycles. The van der Waals surface area contributed by atoms with Gasteiger partial charge >= 0.3 is 0 Å². The number of benzene rings is 1. The number of methoxy groups -OCH3 is 1. The van der Waals surface area contributed by atoms with E-state index in [4.69, 9.17) is 19.9 Å². The Morgan fingerprint density at radius 2 is 2.00 bits per heavy atom. The van der Waals surface area contributed by atoms with Crippen LogP contribution in [0.25, 0.3) is 0 Å². The van der Waals surface area contributed by atoms with Crippen LogP contribution in [-0.2, 0) is 9.53 Å². The first kappa shape index (κ1) is 20.4. The minimum atomic E-state index is -0.313. The van der Waals surface area contributed by atoms with Crippen LogP contribution in [-0.4, -0.2) is 61.7 Å². The topological polar surface area (TPSA) is 108 Å². The number of pyridine rings is 1. The average Bonchev–Trinajstić information content (AvgIpc) is 2.72. The summed E-state index contributed by atoms with van der Waals surface area (Å²) in [5.74, 6) is 1.04. The van der Waals surface area contributed by atoms with Crippen LogP contribution in [0.2, 0.25) is 0 Å². The number of amides is 1. The van der Waals surface area contributed by atoms with Crippen LogP contribution in [0.3, 0.4) is 0 Å². The standard InChI is InChI=1S/C20H24N4O5/c1-14-9-18(21)24(19(25)10-14)22-12-15-3-4-16(17(11-15)27-2)29-13-20(26)23-5-7-28-8-6-23/h3-4,9-12H,5-8,13,21H2,1-2H3/b22-12-. The van der Waals surface area contributed by atoms with Gasteiger partial charge in [-0.15, -0.1) is 0 Å². The number of nitrogen functional groups attached to an aromatic ring is 1. The maximum atomic E-state index is 12.2. The molecule has 3 rings (SSSR count). The van der Waals surface area contributed by atoms with Crippen LogP contribution in [0.5, 0.6) is 11.5 Å². The van der Waals surface area contributed by atoms with E-state index < -0.39 is 0 Å². The molecule has 0 bridgehead atoms. The maximum absolute atomic E-state index is 12.2. The summed E-state index contributed by atoms with van der Waals surface area (Å²) in [6.45, 7) is 3.92. The predicted octanol–water partition coefficient (Wildman–Crippen LogP) is 0.867. The molecule has 9 nitrogen and oxygen atoms in total. The molecule has 0 aliphatic carbocycles. The number of hydrogen-bond donors (Lipinski definition) is 1. The van der Waals surface area contributed by atoms with Gasteiger partial charge in [0.25, 0.3) is 11.5 Å². The highest BCUT2D eigenvalue weighted by molar-refractivity contribution is 5.81. The molecule has 1 aliphatic rings. The van der Waals surface area contributed by atoms with Crippen molar-refractivity contribution in [2.24, 2.45) is 5.10 Å². The van der Waals surface area contributed by atoms with E-state index in [1.165, 1.54) is 19.4 Å². The summed E-state index contributed by atoms with van der Waals surface area (Å²) >= 11 is 0. The molecule has 1 saturated heterocycles. The van der Waals surface area contributed by atoms with Crippen LogP contribution in [0.15, 0.2) is 40.2 Å². The number of aryl methyl sites for hydroxylation is 1. The summed E-state index contributed by atoms with van der Waals surface area (Å²) in [6.07, 6.45) is 1.50. The summed E-state index contributed by atoms with van der Waals surface area (Å²) in [6, 6.07) is 8.26. The zero-order valence-corrected chi connectivity index (χ0v) is 16.5. The molecule has 2 aromatic rings. The third kappa shape index (κ3) is 5.14. The lowest BCUT2D eigenvalue weighted by Crippen LogP contribution is -2.43. The van der Waals surface area contributed by atoms with Gasteiger partial charge in [0.1, 0.15) is 5.82 Å². The molecular formula is C20H24N4O5. The molecule has 1 aromatic heterocycles. The summed E-state index contributed by atoms with van der Waals surface area (Å²) in [4.78, 5) is 26.0. The van der Waals surface area contributed by atoms with Gasteiger partial charge in [-0.3, -0.25) is 9.59 Å². The zero-order chi connectivity index (χ0) is 20.8. The molecule has 0 saturated carbocycles. The number of rotatable bonds is 6. The lowest BCUT2D eigenvalue weighted by Gasteiger charge is -2.26. The molecule has 29 heavy (non-hydrogen) atoms. The summed E-state index contributed by atoms with van der Waals surface area (Å²) < 4.78 is 17.3. The first-order chi connectivity index (χ1) is 14.0. The molecule has 0 spiro atoms. The summed E-state index contributed by atoms with van der Waals surface area (Å²) in [5, 5.41) is 4.14. The molecule has 2 heterocycles. The van der Waals surface area contributed by atoms with E-state index >= 15 is 0 Å². The minimum Gasteiger partial charge on any atom is -0.493 e. The van der Waals surface area contributed by atoms with Gasteiger partial charge in [-0.2, -0.15) is 9.78 Å². The first-order valence-corrected chi connectivity index (χ1v) is 9.18. The van der Waals surface area contributed by atoms with Gasteiger partial charge in [-0.1, -0.05) is 0 Å². The van der Waals surface area contributed by atoms with Gasteiger partial charge < -0.3 is 24.8 Å². The Labute approximate surface area is 168 Å². The Morgan fingerprint density at radius 3 is 2.69 bits per heavy atom. The van der Waals surface area contributed by atoms with Crippen molar-refractivity contribution < 1.29 is 19.0 Å². The minimum absolute atomic E-state index is 0.0842. The van der Waals surface area contributed by atoms with E-state index in [-0.39, 0.29) is 23.9 Å². The van der Waals surface area contributed by atoms with Gasteiger partial charge in [-0.25, -0.2) is 0 Å². The van der Waals surface area contributed by atoms with E-state index in [9.17, 15) is 9.59 Å². The van der Waals surface area contributed by atoms with Crippen LogP contribution in [0.4, 0.5) is 5.82 Å². The molecule has 0 atom stereocenters. The molecule has 0 unspecified atom stereocenters. The van der Waals surface area contributed by atoms with Crippen molar-refractivity contribution in [3.63, 3.8) is 0 Å². The number of aromatic nitrogens is 1. The fraction of sp³-hybridized carbons (Fsp3) is 0.350. The highest BCUT2D eigenvalue weighted by atomic mass is 16.5. The maximum Gasteiger partial charge on any atom is 0.273 e. The monoisotopic (exact) mass is 400 g/mol. The Bertz CT molecular complexity index is 964. The second kappa shape index (κ2) is 9.24. The second-order valence-electron chi connectivity index (χ2n) is 6.54. The number of morpholine rings is 1. The van der Waals surface area contributed by atoms with Crippen LogP contribution in [0, 0.1) is 6.92 Å². The predicted molar refractivity (Wildman–Crippen MR) is 109 cm³/mol. The molecule has 2 N–H and O–H groups in total.